The van der Waals surface area contributed by atoms with Crippen molar-refractivity contribution in [3.63, 3.8) is 0 Å². The summed E-state index contributed by atoms with van der Waals surface area (Å²) in [7, 11) is 0. The van der Waals surface area contributed by atoms with Crippen molar-refractivity contribution in [2.75, 3.05) is 18.5 Å². The van der Waals surface area contributed by atoms with E-state index in [4.69, 9.17) is 9.15 Å². The summed E-state index contributed by atoms with van der Waals surface area (Å²) in [6, 6.07) is 13.6. The Kier molecular flexibility index (Phi) is 6.13. The third-order valence-corrected chi connectivity index (χ3v) is 5.02. The molecule has 3 aromatic rings. The summed E-state index contributed by atoms with van der Waals surface area (Å²) in [5.74, 6) is -0.998. The summed E-state index contributed by atoms with van der Waals surface area (Å²) < 4.78 is 10.8. The summed E-state index contributed by atoms with van der Waals surface area (Å²) >= 11 is 1.32. The molecule has 0 spiro atoms. The molecule has 0 saturated heterocycles. The molecular weight excluding hydrogens is 380 g/mol. The van der Waals surface area contributed by atoms with Crippen LogP contribution >= 0.6 is 11.3 Å². The van der Waals surface area contributed by atoms with E-state index in [1.807, 2.05) is 12.3 Å². The van der Waals surface area contributed by atoms with Gasteiger partial charge in [0.1, 0.15) is 11.5 Å². The number of hydrogen-bond donors (Lipinski definition) is 3. The first-order valence-corrected chi connectivity index (χ1v) is 9.54. The molecule has 2 aromatic heterocycles. The summed E-state index contributed by atoms with van der Waals surface area (Å²) in [6.07, 6.45) is 1.44. The molecule has 0 fully saturated rings. The number of carbonyl (C=O) groups excluding carboxylic acids is 2. The zero-order valence-corrected chi connectivity index (χ0v) is 16.0. The molecule has 1 aromatic carbocycles. The Balaban J connectivity index is 1.69. The molecule has 0 saturated carbocycles. The predicted octanol–water partition coefficient (Wildman–Crippen LogP) is 2.73. The Labute approximate surface area is 166 Å². The fourth-order valence-corrected chi connectivity index (χ4v) is 3.47. The number of nitrogens with one attached hydrogen (secondary N) is 2. The van der Waals surface area contributed by atoms with Crippen LogP contribution in [0.1, 0.15) is 17.6 Å². The number of thiophene rings is 1. The van der Waals surface area contributed by atoms with Crippen LogP contribution < -0.4 is 15.4 Å². The van der Waals surface area contributed by atoms with E-state index in [0.29, 0.717) is 22.9 Å². The Hall–Kier alpha value is -3.10. The van der Waals surface area contributed by atoms with Crippen molar-refractivity contribution < 1.29 is 23.8 Å². The second-order valence-corrected chi connectivity index (χ2v) is 6.83. The number of furan rings is 1. The van der Waals surface area contributed by atoms with Gasteiger partial charge in [-0.3, -0.25) is 9.59 Å². The molecule has 0 aliphatic rings. The molecule has 8 heteroatoms. The van der Waals surface area contributed by atoms with Crippen molar-refractivity contribution >= 4 is 28.8 Å². The third kappa shape index (κ3) is 4.24. The number of para-hydroxylation sites is 2. The fourth-order valence-electron chi connectivity index (χ4n) is 2.64. The minimum Gasteiger partial charge on any atom is -0.492 e. The maximum absolute atomic E-state index is 12.3. The first-order valence-electron chi connectivity index (χ1n) is 8.66. The Morgan fingerprint density at radius 2 is 1.96 bits per heavy atom. The number of anilines is 1. The minimum absolute atomic E-state index is 0.222. The van der Waals surface area contributed by atoms with Crippen molar-refractivity contribution in [2.45, 2.75) is 12.5 Å². The SMILES string of the molecule is CCOc1ccccc1NC(=O)C(=O)NCC(O)(c1ccco1)c1cccs1. The molecule has 3 N–H and O–H groups in total. The van der Waals surface area contributed by atoms with Crippen LogP contribution in [0, 0.1) is 0 Å². The lowest BCUT2D eigenvalue weighted by Crippen LogP contribution is -2.44. The number of ether oxygens (including phenoxy) is 1. The lowest BCUT2D eigenvalue weighted by atomic mass is 9.98. The summed E-state index contributed by atoms with van der Waals surface area (Å²) in [4.78, 5) is 25.2. The molecule has 0 aliphatic carbocycles. The molecular formula is C20H20N2O5S. The van der Waals surface area contributed by atoms with Crippen LogP contribution in [0.2, 0.25) is 0 Å². The van der Waals surface area contributed by atoms with E-state index in [1.165, 1.54) is 17.6 Å². The molecule has 146 valence electrons. The molecule has 1 atom stereocenters. The van der Waals surface area contributed by atoms with E-state index in [1.54, 1.807) is 48.5 Å². The highest BCUT2D eigenvalue weighted by atomic mass is 32.1. The highest BCUT2D eigenvalue weighted by Crippen LogP contribution is 2.32. The van der Waals surface area contributed by atoms with Crippen LogP contribution in [-0.2, 0) is 15.2 Å². The zero-order valence-electron chi connectivity index (χ0n) is 15.2. The fraction of sp³-hybridized carbons (Fsp3) is 0.200. The van der Waals surface area contributed by atoms with E-state index < -0.39 is 17.4 Å². The largest absolute Gasteiger partial charge is 0.492 e. The van der Waals surface area contributed by atoms with E-state index >= 15 is 0 Å². The van der Waals surface area contributed by atoms with Crippen molar-refractivity contribution in [1.29, 1.82) is 0 Å². The topological polar surface area (TPSA) is 101 Å². The summed E-state index contributed by atoms with van der Waals surface area (Å²) in [5, 5.41) is 17.9. The van der Waals surface area contributed by atoms with Gasteiger partial charge in [0.25, 0.3) is 0 Å². The van der Waals surface area contributed by atoms with Crippen LogP contribution in [0.5, 0.6) is 5.75 Å². The van der Waals surface area contributed by atoms with Crippen LogP contribution in [0.4, 0.5) is 5.69 Å². The van der Waals surface area contributed by atoms with Gasteiger partial charge in [-0.15, -0.1) is 11.3 Å². The first-order chi connectivity index (χ1) is 13.5. The van der Waals surface area contributed by atoms with Gasteiger partial charge in [-0.05, 0) is 42.6 Å². The van der Waals surface area contributed by atoms with Crippen molar-refractivity contribution in [3.05, 3.63) is 70.8 Å². The number of carbonyl (C=O) groups is 2. The van der Waals surface area contributed by atoms with Gasteiger partial charge in [-0.1, -0.05) is 18.2 Å². The number of amides is 2. The molecule has 7 nitrogen and oxygen atoms in total. The van der Waals surface area contributed by atoms with Crippen LogP contribution in [0.25, 0.3) is 0 Å². The lowest BCUT2D eigenvalue weighted by molar-refractivity contribution is -0.136. The molecule has 0 bridgehead atoms. The standard InChI is InChI=1S/C20H20N2O5S/c1-2-26-15-8-4-3-7-14(15)22-19(24)18(23)21-13-20(25,16-9-5-11-27-16)17-10-6-12-28-17/h3-12,25H,2,13H2,1H3,(H,21,23)(H,22,24). The van der Waals surface area contributed by atoms with Gasteiger partial charge in [-0.2, -0.15) is 0 Å². The van der Waals surface area contributed by atoms with E-state index in [2.05, 4.69) is 10.6 Å². The van der Waals surface area contributed by atoms with Crippen LogP contribution in [-0.4, -0.2) is 30.1 Å². The molecule has 28 heavy (non-hydrogen) atoms. The van der Waals surface area contributed by atoms with E-state index in [0.717, 1.165) is 0 Å². The van der Waals surface area contributed by atoms with Gasteiger partial charge in [0.05, 0.1) is 25.1 Å². The molecule has 2 heterocycles. The molecule has 0 radical (unpaired) electrons. The molecule has 2 amide bonds. The van der Waals surface area contributed by atoms with Crippen molar-refractivity contribution in [3.8, 4) is 5.75 Å². The van der Waals surface area contributed by atoms with Crippen molar-refractivity contribution in [1.82, 2.24) is 5.32 Å². The normalized spacial score (nSPS) is 12.8. The quantitative estimate of drug-likeness (QED) is 0.530. The smallest absolute Gasteiger partial charge is 0.313 e. The number of aliphatic hydroxyl groups is 1. The van der Waals surface area contributed by atoms with Gasteiger partial charge in [0.2, 0.25) is 0 Å². The minimum atomic E-state index is -1.57. The molecule has 0 aliphatic heterocycles. The lowest BCUT2D eigenvalue weighted by Gasteiger charge is -2.25. The first kappa shape index (κ1) is 19.7. The average molecular weight is 400 g/mol. The second-order valence-electron chi connectivity index (χ2n) is 5.88. The predicted molar refractivity (Wildman–Crippen MR) is 105 cm³/mol. The Morgan fingerprint density at radius 1 is 1.14 bits per heavy atom. The maximum Gasteiger partial charge on any atom is 0.313 e. The Morgan fingerprint density at radius 3 is 2.64 bits per heavy atom. The maximum atomic E-state index is 12.3. The van der Waals surface area contributed by atoms with Gasteiger partial charge in [0.15, 0.2) is 5.60 Å². The van der Waals surface area contributed by atoms with Crippen molar-refractivity contribution in [2.24, 2.45) is 0 Å². The number of rotatable bonds is 7. The number of benzene rings is 1. The summed E-state index contributed by atoms with van der Waals surface area (Å²) in [6.45, 7) is 2.03. The van der Waals surface area contributed by atoms with Gasteiger partial charge < -0.3 is 24.9 Å². The Bertz CT molecular complexity index is 888. The monoisotopic (exact) mass is 400 g/mol. The molecule has 3 rings (SSSR count). The molecule has 1 unspecified atom stereocenters. The second kappa shape index (κ2) is 8.73. The third-order valence-electron chi connectivity index (χ3n) is 4.00. The van der Waals surface area contributed by atoms with Gasteiger partial charge in [0, 0.05) is 4.88 Å². The average Bonchev–Trinajstić information content (AvgIpc) is 3.41. The van der Waals surface area contributed by atoms with Crippen LogP contribution in [0.3, 0.4) is 0 Å². The van der Waals surface area contributed by atoms with E-state index in [9.17, 15) is 14.7 Å². The highest BCUT2D eigenvalue weighted by molar-refractivity contribution is 7.10. The van der Waals surface area contributed by atoms with Gasteiger partial charge >= 0.3 is 11.8 Å². The zero-order chi connectivity index (χ0) is 20.0. The van der Waals surface area contributed by atoms with Crippen LogP contribution in [0.15, 0.2) is 64.6 Å². The number of hydrogen-bond acceptors (Lipinski definition) is 6. The highest BCUT2D eigenvalue weighted by Gasteiger charge is 2.36. The summed E-state index contributed by atoms with van der Waals surface area (Å²) in [5.41, 5.74) is -1.18. The van der Waals surface area contributed by atoms with Gasteiger partial charge in [-0.25, -0.2) is 0 Å². The van der Waals surface area contributed by atoms with E-state index in [-0.39, 0.29) is 12.3 Å².